The van der Waals surface area contributed by atoms with Crippen LogP contribution in [0.25, 0.3) is 11.4 Å². The number of nitrogens with zero attached hydrogens (tertiary/aromatic N) is 2. The van der Waals surface area contributed by atoms with Gasteiger partial charge in [0, 0.05) is 29.8 Å². The number of hydrogen-bond acceptors (Lipinski definition) is 3. The van der Waals surface area contributed by atoms with Crippen molar-refractivity contribution < 1.29 is 0 Å². The first-order valence-electron chi connectivity index (χ1n) is 6.76. The molecule has 1 fully saturated rings. The summed E-state index contributed by atoms with van der Waals surface area (Å²) >= 11 is 12.3. The lowest BCUT2D eigenvalue weighted by Crippen LogP contribution is -2.04. The fourth-order valence-electron chi connectivity index (χ4n) is 2.12. The van der Waals surface area contributed by atoms with E-state index in [1.165, 1.54) is 12.8 Å². The van der Waals surface area contributed by atoms with Gasteiger partial charge in [0.15, 0.2) is 5.82 Å². The summed E-state index contributed by atoms with van der Waals surface area (Å²) < 4.78 is 0. The van der Waals surface area contributed by atoms with Gasteiger partial charge in [0.2, 0.25) is 0 Å². The summed E-state index contributed by atoms with van der Waals surface area (Å²) in [5.74, 6) is 2.04. The standard InChI is InChI=1S/C15H15Cl2N3/c1-2-18-13-8-12(9-6-7-9)19-15(20-13)10-4-3-5-11(16)14(10)17/h3-5,8-9H,2,6-7H2,1H3,(H,18,19,20). The van der Waals surface area contributed by atoms with E-state index < -0.39 is 0 Å². The Morgan fingerprint density at radius 2 is 2.05 bits per heavy atom. The first-order valence-corrected chi connectivity index (χ1v) is 7.52. The Morgan fingerprint density at radius 1 is 1.25 bits per heavy atom. The van der Waals surface area contributed by atoms with Gasteiger partial charge in [0.1, 0.15) is 5.82 Å². The Bertz CT molecular complexity index is 639. The summed E-state index contributed by atoms with van der Waals surface area (Å²) in [6, 6.07) is 7.56. The molecule has 1 saturated carbocycles. The second kappa shape index (κ2) is 5.58. The minimum absolute atomic E-state index is 0.504. The molecule has 3 nitrogen and oxygen atoms in total. The monoisotopic (exact) mass is 307 g/mol. The molecule has 1 aliphatic carbocycles. The number of nitrogens with one attached hydrogen (secondary N) is 1. The highest BCUT2D eigenvalue weighted by Gasteiger charge is 2.26. The third kappa shape index (κ3) is 2.74. The average Bonchev–Trinajstić information content (AvgIpc) is 3.26. The third-order valence-corrected chi connectivity index (χ3v) is 4.11. The Balaban J connectivity index is 2.09. The van der Waals surface area contributed by atoms with E-state index in [9.17, 15) is 0 Å². The van der Waals surface area contributed by atoms with Crippen molar-refractivity contribution in [2.45, 2.75) is 25.7 Å². The van der Waals surface area contributed by atoms with Crippen molar-refractivity contribution in [1.29, 1.82) is 0 Å². The van der Waals surface area contributed by atoms with Gasteiger partial charge in [-0.1, -0.05) is 29.3 Å². The van der Waals surface area contributed by atoms with E-state index in [-0.39, 0.29) is 0 Å². The largest absolute Gasteiger partial charge is 0.370 e. The lowest BCUT2D eigenvalue weighted by molar-refractivity contribution is 0.988. The topological polar surface area (TPSA) is 37.8 Å². The second-order valence-corrected chi connectivity index (χ2v) is 5.69. The summed E-state index contributed by atoms with van der Waals surface area (Å²) in [5, 5.41) is 4.27. The SMILES string of the molecule is CCNc1cc(C2CC2)nc(-c2cccc(Cl)c2Cl)n1. The van der Waals surface area contributed by atoms with Crippen LogP contribution in [-0.2, 0) is 0 Å². The van der Waals surface area contributed by atoms with Crippen LogP contribution in [-0.4, -0.2) is 16.5 Å². The van der Waals surface area contributed by atoms with Crippen molar-refractivity contribution in [1.82, 2.24) is 9.97 Å². The van der Waals surface area contributed by atoms with Crippen molar-refractivity contribution in [2.75, 3.05) is 11.9 Å². The lowest BCUT2D eigenvalue weighted by Gasteiger charge is -2.10. The minimum Gasteiger partial charge on any atom is -0.370 e. The molecule has 3 rings (SSSR count). The van der Waals surface area contributed by atoms with Crippen molar-refractivity contribution in [3.05, 3.63) is 40.0 Å². The number of rotatable bonds is 4. The molecule has 0 bridgehead atoms. The molecule has 1 aliphatic rings. The number of aromatic nitrogens is 2. The Hall–Kier alpha value is -1.32. The smallest absolute Gasteiger partial charge is 0.163 e. The average molecular weight is 308 g/mol. The van der Waals surface area contributed by atoms with Gasteiger partial charge in [0.25, 0.3) is 0 Å². The van der Waals surface area contributed by atoms with Gasteiger partial charge >= 0.3 is 0 Å². The molecule has 1 aromatic heterocycles. The Labute approximate surface area is 128 Å². The highest BCUT2D eigenvalue weighted by atomic mass is 35.5. The Morgan fingerprint density at radius 3 is 2.75 bits per heavy atom. The van der Waals surface area contributed by atoms with Crippen molar-refractivity contribution in [3.8, 4) is 11.4 Å². The molecule has 2 aromatic rings. The molecule has 1 heterocycles. The van der Waals surface area contributed by atoms with Crippen LogP contribution in [0.1, 0.15) is 31.4 Å². The first-order chi connectivity index (χ1) is 9.69. The van der Waals surface area contributed by atoms with E-state index >= 15 is 0 Å². The van der Waals surface area contributed by atoms with Crippen LogP contribution < -0.4 is 5.32 Å². The van der Waals surface area contributed by atoms with Gasteiger partial charge in [0.05, 0.1) is 10.0 Å². The lowest BCUT2D eigenvalue weighted by atomic mass is 10.2. The molecule has 0 aliphatic heterocycles. The van der Waals surface area contributed by atoms with E-state index in [2.05, 4.69) is 15.3 Å². The molecule has 0 atom stereocenters. The van der Waals surface area contributed by atoms with Crippen LogP contribution >= 0.6 is 23.2 Å². The summed E-state index contributed by atoms with van der Waals surface area (Å²) in [6.45, 7) is 2.87. The highest BCUT2D eigenvalue weighted by molar-refractivity contribution is 6.43. The quantitative estimate of drug-likeness (QED) is 0.885. The van der Waals surface area contributed by atoms with Crippen LogP contribution in [0.4, 0.5) is 5.82 Å². The fourth-order valence-corrected chi connectivity index (χ4v) is 2.51. The van der Waals surface area contributed by atoms with E-state index in [1.807, 2.05) is 25.1 Å². The molecule has 0 radical (unpaired) electrons. The van der Waals surface area contributed by atoms with Gasteiger partial charge in [-0.3, -0.25) is 0 Å². The number of anilines is 1. The van der Waals surface area contributed by atoms with Gasteiger partial charge in [-0.15, -0.1) is 0 Å². The van der Waals surface area contributed by atoms with Crippen LogP contribution in [0.15, 0.2) is 24.3 Å². The first kappa shape index (κ1) is 13.7. The van der Waals surface area contributed by atoms with Crippen LogP contribution in [0.2, 0.25) is 10.0 Å². The number of halogens is 2. The predicted octanol–water partition coefficient (Wildman–Crippen LogP) is 4.76. The molecule has 20 heavy (non-hydrogen) atoms. The number of benzene rings is 1. The van der Waals surface area contributed by atoms with Gasteiger partial charge in [-0.05, 0) is 31.9 Å². The maximum absolute atomic E-state index is 6.27. The van der Waals surface area contributed by atoms with E-state index in [0.29, 0.717) is 21.8 Å². The van der Waals surface area contributed by atoms with Gasteiger partial charge in [-0.25, -0.2) is 9.97 Å². The molecular formula is C15H15Cl2N3. The predicted molar refractivity (Wildman–Crippen MR) is 83.6 cm³/mol. The molecule has 1 N–H and O–H groups in total. The van der Waals surface area contributed by atoms with Gasteiger partial charge < -0.3 is 5.32 Å². The maximum atomic E-state index is 6.27. The highest BCUT2D eigenvalue weighted by Crippen LogP contribution is 2.41. The normalized spacial score (nSPS) is 14.3. The molecule has 0 spiro atoms. The van der Waals surface area contributed by atoms with Crippen LogP contribution in [0.3, 0.4) is 0 Å². The van der Waals surface area contributed by atoms with Crippen LogP contribution in [0, 0.1) is 0 Å². The molecular weight excluding hydrogens is 293 g/mol. The zero-order chi connectivity index (χ0) is 14.1. The summed E-state index contributed by atoms with van der Waals surface area (Å²) in [4.78, 5) is 9.20. The Kier molecular flexibility index (Phi) is 3.81. The molecule has 1 aromatic carbocycles. The zero-order valence-corrected chi connectivity index (χ0v) is 12.7. The molecule has 0 saturated heterocycles. The summed E-state index contributed by atoms with van der Waals surface area (Å²) in [5.41, 5.74) is 1.86. The van der Waals surface area contributed by atoms with Crippen molar-refractivity contribution in [3.63, 3.8) is 0 Å². The molecule has 5 heteroatoms. The van der Waals surface area contributed by atoms with E-state index in [1.54, 1.807) is 6.07 Å². The van der Waals surface area contributed by atoms with E-state index in [0.717, 1.165) is 23.6 Å². The number of hydrogen-bond donors (Lipinski definition) is 1. The zero-order valence-electron chi connectivity index (χ0n) is 11.2. The summed E-state index contributed by atoms with van der Waals surface area (Å²) in [7, 11) is 0. The van der Waals surface area contributed by atoms with Crippen molar-refractivity contribution >= 4 is 29.0 Å². The second-order valence-electron chi connectivity index (χ2n) is 4.91. The van der Waals surface area contributed by atoms with E-state index in [4.69, 9.17) is 23.2 Å². The minimum atomic E-state index is 0.504. The molecule has 104 valence electrons. The fraction of sp³-hybridized carbons (Fsp3) is 0.333. The third-order valence-electron chi connectivity index (χ3n) is 3.29. The summed E-state index contributed by atoms with van der Waals surface area (Å²) in [6.07, 6.45) is 2.40. The van der Waals surface area contributed by atoms with Gasteiger partial charge in [-0.2, -0.15) is 0 Å². The van der Waals surface area contributed by atoms with Crippen LogP contribution in [0.5, 0.6) is 0 Å². The molecule has 0 unspecified atom stereocenters. The molecule has 0 amide bonds. The maximum Gasteiger partial charge on any atom is 0.163 e. The van der Waals surface area contributed by atoms with Crippen molar-refractivity contribution in [2.24, 2.45) is 0 Å².